The maximum absolute atomic E-state index is 12.5. The van der Waals surface area contributed by atoms with Crippen LogP contribution in [-0.4, -0.2) is 33.7 Å². The van der Waals surface area contributed by atoms with Crippen LogP contribution < -0.4 is 0 Å². The van der Waals surface area contributed by atoms with E-state index < -0.39 is 0 Å². The van der Waals surface area contributed by atoms with Gasteiger partial charge in [0.15, 0.2) is 0 Å². The molecule has 1 aliphatic carbocycles. The predicted molar refractivity (Wildman–Crippen MR) is 76.3 cm³/mol. The van der Waals surface area contributed by atoms with Crippen LogP contribution in [0, 0.1) is 5.92 Å². The molecule has 5 heteroatoms. The van der Waals surface area contributed by atoms with Crippen LogP contribution in [0.1, 0.15) is 34.2 Å². The number of hydrogen-bond acceptors (Lipinski definition) is 3. The Morgan fingerprint density at radius 2 is 2.14 bits per heavy atom. The lowest BCUT2D eigenvalue weighted by Gasteiger charge is -2.13. The minimum absolute atomic E-state index is 0.0167. The zero-order valence-corrected chi connectivity index (χ0v) is 11.7. The van der Waals surface area contributed by atoms with Gasteiger partial charge in [-0.2, -0.15) is 0 Å². The van der Waals surface area contributed by atoms with Crippen LogP contribution in [0.15, 0.2) is 30.5 Å². The summed E-state index contributed by atoms with van der Waals surface area (Å²) in [5.74, 6) is 1.17. The van der Waals surface area contributed by atoms with Gasteiger partial charge in [0.25, 0.3) is 5.91 Å². The topological polar surface area (TPSA) is 55.2 Å². The second-order valence-electron chi connectivity index (χ2n) is 5.76. The van der Waals surface area contributed by atoms with E-state index >= 15 is 0 Å². The number of benzene rings is 1. The highest BCUT2D eigenvalue weighted by Crippen LogP contribution is 2.46. The molecule has 106 valence electrons. The second-order valence-corrected chi connectivity index (χ2v) is 5.76. The molecule has 1 aromatic heterocycles. The number of para-hydroxylation sites is 1. The summed E-state index contributed by atoms with van der Waals surface area (Å²) in [6, 6.07) is 7.59. The summed E-state index contributed by atoms with van der Waals surface area (Å²) in [5.41, 5.74) is 2.54. The molecule has 0 radical (unpaired) electrons. The van der Waals surface area contributed by atoms with Crippen molar-refractivity contribution in [2.75, 3.05) is 7.05 Å². The molecule has 1 fully saturated rings. The molecule has 2 atom stereocenters. The Morgan fingerprint density at radius 1 is 1.33 bits per heavy atom. The van der Waals surface area contributed by atoms with Crippen LogP contribution in [0.25, 0.3) is 5.69 Å². The van der Waals surface area contributed by atoms with E-state index in [0.29, 0.717) is 12.1 Å². The average Bonchev–Trinajstić information content (AvgIpc) is 3.20. The van der Waals surface area contributed by atoms with Crippen molar-refractivity contribution in [1.29, 1.82) is 0 Å². The van der Waals surface area contributed by atoms with Gasteiger partial charge >= 0.3 is 0 Å². The Kier molecular flexibility index (Phi) is 2.51. The van der Waals surface area contributed by atoms with Crippen molar-refractivity contribution in [3.05, 3.63) is 47.5 Å². The monoisotopic (exact) mass is 281 g/mol. The molecule has 0 spiro atoms. The van der Waals surface area contributed by atoms with Gasteiger partial charge in [-0.1, -0.05) is 12.1 Å². The first-order valence-corrected chi connectivity index (χ1v) is 7.07. The highest BCUT2D eigenvalue weighted by atomic mass is 16.2. The number of carbonyl (C=O) groups is 2. The molecule has 2 heterocycles. The van der Waals surface area contributed by atoms with Crippen molar-refractivity contribution in [3.8, 4) is 5.69 Å². The van der Waals surface area contributed by atoms with E-state index in [4.69, 9.17) is 0 Å². The third-order valence-corrected chi connectivity index (χ3v) is 4.33. The van der Waals surface area contributed by atoms with Crippen LogP contribution in [0.3, 0.4) is 0 Å². The average molecular weight is 281 g/mol. The number of hydrogen-bond donors (Lipinski definition) is 0. The maximum atomic E-state index is 12.5. The molecule has 2 aliphatic rings. The van der Waals surface area contributed by atoms with Crippen LogP contribution in [-0.2, 0) is 11.3 Å². The van der Waals surface area contributed by atoms with E-state index in [-0.39, 0.29) is 17.7 Å². The van der Waals surface area contributed by atoms with Gasteiger partial charge in [0, 0.05) is 18.9 Å². The lowest BCUT2D eigenvalue weighted by molar-refractivity contribution is -0.108. The van der Waals surface area contributed by atoms with Crippen molar-refractivity contribution in [2.24, 2.45) is 5.92 Å². The van der Waals surface area contributed by atoms with Gasteiger partial charge in [-0.25, -0.2) is 4.98 Å². The molecule has 2 unspecified atom stereocenters. The first-order chi connectivity index (χ1) is 10.2. The second kappa shape index (κ2) is 4.28. The molecule has 1 amide bonds. The number of aldehydes is 1. The van der Waals surface area contributed by atoms with Crippen molar-refractivity contribution in [3.63, 3.8) is 0 Å². The molecular formula is C16H15N3O2. The molecule has 2 aromatic rings. The molecule has 0 saturated heterocycles. The van der Waals surface area contributed by atoms with Crippen LogP contribution in [0.5, 0.6) is 0 Å². The van der Waals surface area contributed by atoms with Crippen molar-refractivity contribution >= 4 is 12.2 Å². The van der Waals surface area contributed by atoms with E-state index in [0.717, 1.165) is 29.9 Å². The van der Waals surface area contributed by atoms with Crippen molar-refractivity contribution in [2.45, 2.75) is 18.9 Å². The number of carbonyl (C=O) groups excluding carboxylic acids is 2. The van der Waals surface area contributed by atoms with Gasteiger partial charge in [0.1, 0.15) is 12.1 Å². The number of amides is 1. The summed E-state index contributed by atoms with van der Waals surface area (Å²) in [7, 11) is 1.80. The quantitative estimate of drug-likeness (QED) is 0.788. The zero-order valence-electron chi connectivity index (χ0n) is 11.7. The standard InChI is InChI=1S/C16H15N3O2/c1-18-8-11-7-17-15(13-6-10(13)9-20)19(11)14-5-3-2-4-12(14)16(18)21/h2-5,7,9-10,13H,6,8H2,1H3. The van der Waals surface area contributed by atoms with Gasteiger partial charge < -0.3 is 9.69 Å². The Morgan fingerprint density at radius 3 is 2.90 bits per heavy atom. The van der Waals surface area contributed by atoms with Gasteiger partial charge in [-0.3, -0.25) is 9.36 Å². The number of fused-ring (bicyclic) bond motifs is 3. The number of nitrogens with zero attached hydrogens (tertiary/aromatic N) is 3. The highest BCUT2D eigenvalue weighted by Gasteiger charge is 2.42. The van der Waals surface area contributed by atoms with E-state index in [1.807, 2.05) is 30.5 Å². The molecule has 5 nitrogen and oxygen atoms in total. The fraction of sp³-hybridized carbons (Fsp3) is 0.312. The number of rotatable bonds is 2. The fourth-order valence-corrected chi connectivity index (χ4v) is 3.09. The molecule has 4 rings (SSSR count). The SMILES string of the molecule is CN1Cc2cnc(C3CC3C=O)n2-c2ccccc2C1=O. The third-order valence-electron chi connectivity index (χ3n) is 4.33. The summed E-state index contributed by atoms with van der Waals surface area (Å²) in [4.78, 5) is 29.6. The molecule has 0 N–H and O–H groups in total. The predicted octanol–water partition coefficient (Wildman–Crippen LogP) is 1.76. The number of imidazole rings is 1. The van der Waals surface area contributed by atoms with Gasteiger partial charge in [0.05, 0.1) is 29.7 Å². The third kappa shape index (κ3) is 1.73. The normalized spacial score (nSPS) is 23.3. The van der Waals surface area contributed by atoms with E-state index in [1.54, 1.807) is 11.9 Å². The molecule has 1 saturated carbocycles. The number of aromatic nitrogens is 2. The van der Waals surface area contributed by atoms with E-state index in [2.05, 4.69) is 9.55 Å². The molecular weight excluding hydrogens is 266 g/mol. The van der Waals surface area contributed by atoms with Crippen LogP contribution in [0.2, 0.25) is 0 Å². The summed E-state index contributed by atoms with van der Waals surface area (Å²) >= 11 is 0. The van der Waals surface area contributed by atoms with Crippen molar-refractivity contribution in [1.82, 2.24) is 14.5 Å². The maximum Gasteiger partial charge on any atom is 0.256 e. The Labute approximate surface area is 122 Å². The Balaban J connectivity index is 1.93. The van der Waals surface area contributed by atoms with E-state index in [1.165, 1.54) is 0 Å². The fourth-order valence-electron chi connectivity index (χ4n) is 3.09. The largest absolute Gasteiger partial charge is 0.336 e. The van der Waals surface area contributed by atoms with Gasteiger partial charge in [-0.05, 0) is 18.6 Å². The summed E-state index contributed by atoms with van der Waals surface area (Å²) < 4.78 is 2.06. The Hall–Kier alpha value is -2.43. The summed E-state index contributed by atoms with van der Waals surface area (Å²) in [6.07, 6.45) is 3.68. The molecule has 1 aromatic carbocycles. The Bertz CT molecular complexity index is 750. The van der Waals surface area contributed by atoms with Gasteiger partial charge in [-0.15, -0.1) is 0 Å². The van der Waals surface area contributed by atoms with E-state index in [9.17, 15) is 9.59 Å². The first kappa shape index (κ1) is 12.3. The minimum atomic E-state index is 0.0167. The summed E-state index contributed by atoms with van der Waals surface area (Å²) in [6.45, 7) is 0.527. The zero-order chi connectivity index (χ0) is 14.6. The highest BCUT2D eigenvalue weighted by molar-refractivity contribution is 5.98. The van der Waals surface area contributed by atoms with Gasteiger partial charge in [0.2, 0.25) is 0 Å². The molecule has 1 aliphatic heterocycles. The molecule has 21 heavy (non-hydrogen) atoms. The lowest BCUT2D eigenvalue weighted by atomic mass is 10.1. The smallest absolute Gasteiger partial charge is 0.256 e. The van der Waals surface area contributed by atoms with Crippen LogP contribution >= 0.6 is 0 Å². The lowest BCUT2D eigenvalue weighted by Crippen LogP contribution is -2.24. The first-order valence-electron chi connectivity index (χ1n) is 7.07. The molecule has 0 bridgehead atoms. The van der Waals surface area contributed by atoms with Crippen LogP contribution in [0.4, 0.5) is 0 Å². The minimum Gasteiger partial charge on any atom is -0.336 e. The summed E-state index contributed by atoms with van der Waals surface area (Å²) in [5, 5.41) is 0. The van der Waals surface area contributed by atoms with Crippen molar-refractivity contribution < 1.29 is 9.59 Å².